The maximum atomic E-state index is 11.5. The normalized spacial score (nSPS) is 27.7. The van der Waals surface area contributed by atoms with Gasteiger partial charge in [0.2, 0.25) is 11.7 Å². The Morgan fingerprint density at radius 2 is 2.16 bits per heavy atom. The number of imidazole rings is 1. The number of carbonyl (C=O) groups is 1. The molecule has 0 atom stereocenters. The van der Waals surface area contributed by atoms with Crippen LogP contribution in [0.15, 0.2) is 12.4 Å². The minimum absolute atomic E-state index is 0.0210. The van der Waals surface area contributed by atoms with Gasteiger partial charge in [0.15, 0.2) is 0 Å². The summed E-state index contributed by atoms with van der Waals surface area (Å²) >= 11 is 0. The summed E-state index contributed by atoms with van der Waals surface area (Å²) in [6, 6.07) is 0. The summed E-state index contributed by atoms with van der Waals surface area (Å²) in [6.07, 6.45) is 4.90. The molecular weight excluding hydrogens is 326 g/mol. The Kier molecular flexibility index (Phi) is 3.52. The maximum Gasteiger partial charge on any atom is 0.342 e. The van der Waals surface area contributed by atoms with Gasteiger partial charge >= 0.3 is 5.97 Å². The highest BCUT2D eigenvalue weighted by molar-refractivity contribution is 5.90. The third-order valence-electron chi connectivity index (χ3n) is 4.92. The van der Waals surface area contributed by atoms with Crippen molar-refractivity contribution in [3.63, 3.8) is 0 Å². The molecule has 3 fully saturated rings. The molecule has 0 radical (unpaired) electrons. The van der Waals surface area contributed by atoms with Crippen LogP contribution in [0.1, 0.15) is 42.7 Å². The lowest BCUT2D eigenvalue weighted by atomic mass is 9.61. The number of hydrogen-bond acceptors (Lipinski definition) is 6. The summed E-state index contributed by atoms with van der Waals surface area (Å²) in [5.41, 5.74) is 0.570. The van der Waals surface area contributed by atoms with Crippen molar-refractivity contribution in [2.75, 3.05) is 20.3 Å². The Bertz CT molecular complexity index is 838. The summed E-state index contributed by atoms with van der Waals surface area (Å²) in [5, 5.41) is 9.42. The third-order valence-corrected chi connectivity index (χ3v) is 4.92. The van der Waals surface area contributed by atoms with Crippen molar-refractivity contribution in [1.29, 1.82) is 0 Å². The van der Waals surface area contributed by atoms with E-state index in [9.17, 15) is 9.90 Å². The molecule has 5 rings (SSSR count). The second-order valence-corrected chi connectivity index (χ2v) is 7.30. The molecular formula is C17H21N3O5. The lowest BCUT2D eigenvalue weighted by Gasteiger charge is -2.43. The Morgan fingerprint density at radius 3 is 2.80 bits per heavy atom. The number of methoxy groups -OCH3 is 1. The van der Waals surface area contributed by atoms with Gasteiger partial charge in [0.25, 0.3) is 0 Å². The van der Waals surface area contributed by atoms with E-state index in [0.717, 1.165) is 18.5 Å². The molecule has 3 aliphatic rings. The van der Waals surface area contributed by atoms with Gasteiger partial charge in [0, 0.05) is 24.9 Å². The molecule has 8 nitrogen and oxygen atoms in total. The molecule has 1 aliphatic carbocycles. The number of rotatable bonds is 6. The van der Waals surface area contributed by atoms with E-state index in [1.165, 1.54) is 6.20 Å². The van der Waals surface area contributed by atoms with Gasteiger partial charge in [0.1, 0.15) is 5.56 Å². The fourth-order valence-electron chi connectivity index (χ4n) is 3.96. The fraction of sp³-hybridized carbons (Fsp3) is 0.588. The van der Waals surface area contributed by atoms with Crippen LogP contribution < -0.4 is 4.74 Å². The predicted octanol–water partition coefficient (Wildman–Crippen LogP) is 1.66. The molecule has 1 N–H and O–H groups in total. The van der Waals surface area contributed by atoms with E-state index in [2.05, 4.69) is 9.97 Å². The van der Waals surface area contributed by atoms with Gasteiger partial charge in [-0.15, -0.1) is 0 Å². The summed E-state index contributed by atoms with van der Waals surface area (Å²) in [7, 11) is 1.68. The van der Waals surface area contributed by atoms with E-state index in [-0.39, 0.29) is 28.6 Å². The average molecular weight is 347 g/mol. The number of aromatic carboxylic acids is 1. The van der Waals surface area contributed by atoms with E-state index in [1.54, 1.807) is 11.5 Å². The molecule has 25 heavy (non-hydrogen) atoms. The van der Waals surface area contributed by atoms with Crippen molar-refractivity contribution in [2.24, 2.45) is 0 Å². The predicted molar refractivity (Wildman–Crippen MR) is 87.2 cm³/mol. The highest BCUT2D eigenvalue weighted by atomic mass is 16.5. The third kappa shape index (κ3) is 2.47. The lowest BCUT2D eigenvalue weighted by molar-refractivity contribution is -0.0614. The standard InChI is InChI=1S/C17H21N3O5/c1-10(2)25-13-11(14(21)22)4-20-5-12(18-15(20)19-13)16-6-17(7-16,9-23-3)24-8-16/h4-5,10H,6-9H2,1-3H3,(H,21,22). The second-order valence-electron chi connectivity index (χ2n) is 7.30. The number of carboxylic acid groups (broad SMARTS) is 1. The lowest BCUT2D eigenvalue weighted by Crippen LogP contribution is -2.49. The van der Waals surface area contributed by atoms with E-state index in [4.69, 9.17) is 14.2 Å². The molecule has 0 amide bonds. The van der Waals surface area contributed by atoms with Crippen molar-refractivity contribution in [3.05, 3.63) is 23.7 Å². The van der Waals surface area contributed by atoms with E-state index in [1.807, 2.05) is 20.0 Å². The first-order valence-electron chi connectivity index (χ1n) is 8.30. The SMILES string of the molecule is COCC12CC(c3cn4cc(C(=O)O)c(OC(C)C)nc4n3)(CO1)C2. The van der Waals surface area contributed by atoms with Crippen molar-refractivity contribution in [1.82, 2.24) is 14.4 Å². The number of carboxylic acids is 1. The van der Waals surface area contributed by atoms with Gasteiger partial charge in [-0.1, -0.05) is 0 Å². The second kappa shape index (κ2) is 5.40. The Balaban J connectivity index is 1.71. The van der Waals surface area contributed by atoms with Crippen LogP contribution in [-0.4, -0.2) is 57.5 Å². The molecule has 0 spiro atoms. The van der Waals surface area contributed by atoms with Crippen LogP contribution in [-0.2, 0) is 14.9 Å². The van der Waals surface area contributed by atoms with Crippen molar-refractivity contribution < 1.29 is 24.1 Å². The van der Waals surface area contributed by atoms with Crippen LogP contribution in [0.4, 0.5) is 0 Å². The highest BCUT2D eigenvalue weighted by Gasteiger charge is 2.64. The van der Waals surface area contributed by atoms with Gasteiger partial charge in [0.05, 0.1) is 30.6 Å². The number of hydrogen-bond donors (Lipinski definition) is 1. The molecule has 134 valence electrons. The molecule has 2 aromatic rings. The number of nitrogens with zero attached hydrogens (tertiary/aromatic N) is 3. The molecule has 8 heteroatoms. The van der Waals surface area contributed by atoms with Crippen LogP contribution in [0.3, 0.4) is 0 Å². The Morgan fingerprint density at radius 1 is 1.40 bits per heavy atom. The first-order valence-corrected chi connectivity index (χ1v) is 8.30. The molecule has 2 aliphatic heterocycles. The van der Waals surface area contributed by atoms with Gasteiger partial charge in [-0.3, -0.25) is 4.40 Å². The van der Waals surface area contributed by atoms with Crippen molar-refractivity contribution >= 4 is 11.7 Å². The average Bonchev–Trinajstić information content (AvgIpc) is 3.16. The van der Waals surface area contributed by atoms with Gasteiger partial charge in [-0.25, -0.2) is 9.78 Å². The van der Waals surface area contributed by atoms with Crippen LogP contribution in [0.5, 0.6) is 5.88 Å². The van der Waals surface area contributed by atoms with Crippen LogP contribution in [0.25, 0.3) is 5.78 Å². The Hall–Kier alpha value is -2.19. The highest BCUT2D eigenvalue weighted by Crippen LogP contribution is 2.58. The van der Waals surface area contributed by atoms with E-state index in [0.29, 0.717) is 19.0 Å². The molecule has 4 heterocycles. The Labute approximate surface area is 144 Å². The number of ether oxygens (including phenoxy) is 3. The van der Waals surface area contributed by atoms with Crippen LogP contribution in [0.2, 0.25) is 0 Å². The smallest absolute Gasteiger partial charge is 0.342 e. The van der Waals surface area contributed by atoms with Gasteiger partial charge in [-0.2, -0.15) is 4.98 Å². The molecule has 0 aromatic carbocycles. The minimum atomic E-state index is -1.08. The largest absolute Gasteiger partial charge is 0.477 e. The zero-order valence-electron chi connectivity index (χ0n) is 14.5. The summed E-state index contributed by atoms with van der Waals surface area (Å²) in [4.78, 5) is 20.4. The maximum absolute atomic E-state index is 11.5. The quantitative estimate of drug-likeness (QED) is 0.849. The first-order chi connectivity index (χ1) is 11.9. The van der Waals surface area contributed by atoms with Crippen molar-refractivity contribution in [2.45, 2.75) is 43.8 Å². The summed E-state index contributed by atoms with van der Waals surface area (Å²) in [5.74, 6) is -0.554. The molecule has 1 saturated carbocycles. The fourth-order valence-corrected chi connectivity index (χ4v) is 3.96. The van der Waals surface area contributed by atoms with Gasteiger partial charge < -0.3 is 19.3 Å². The van der Waals surface area contributed by atoms with E-state index >= 15 is 0 Å². The zero-order chi connectivity index (χ0) is 17.8. The molecule has 2 saturated heterocycles. The molecule has 2 aromatic heterocycles. The molecule has 0 unspecified atom stereocenters. The van der Waals surface area contributed by atoms with Crippen molar-refractivity contribution in [3.8, 4) is 5.88 Å². The van der Waals surface area contributed by atoms with Crippen LogP contribution >= 0.6 is 0 Å². The summed E-state index contributed by atoms with van der Waals surface area (Å²) < 4.78 is 18.4. The zero-order valence-corrected chi connectivity index (χ0v) is 14.5. The topological polar surface area (TPSA) is 95.2 Å². The minimum Gasteiger partial charge on any atom is -0.477 e. The first kappa shape index (κ1) is 16.3. The van der Waals surface area contributed by atoms with Crippen LogP contribution in [0, 0.1) is 0 Å². The monoisotopic (exact) mass is 347 g/mol. The molecule has 2 bridgehead atoms. The van der Waals surface area contributed by atoms with Gasteiger partial charge in [-0.05, 0) is 26.7 Å². The van der Waals surface area contributed by atoms with E-state index < -0.39 is 5.97 Å². The summed E-state index contributed by atoms with van der Waals surface area (Å²) in [6.45, 7) is 4.83. The number of aromatic nitrogens is 3. The number of fused-ring (bicyclic) bond motifs is 2.